The first-order chi connectivity index (χ1) is 17.1. The van der Waals surface area contributed by atoms with E-state index in [9.17, 15) is 19.0 Å². The average molecular weight is 539 g/mol. The van der Waals surface area contributed by atoms with E-state index in [-0.39, 0.29) is 18.8 Å². The van der Waals surface area contributed by atoms with Gasteiger partial charge in [0.15, 0.2) is 0 Å². The summed E-state index contributed by atoms with van der Waals surface area (Å²) in [5.41, 5.74) is 0.931. The van der Waals surface area contributed by atoms with Gasteiger partial charge in [0.2, 0.25) is 0 Å². The molecule has 0 aliphatic carbocycles. The van der Waals surface area contributed by atoms with Crippen molar-refractivity contribution < 1.29 is 28.8 Å². The number of carbonyl (C=O) groups is 1. The van der Waals surface area contributed by atoms with Crippen molar-refractivity contribution in [2.75, 3.05) is 24.3 Å². The number of unbranched alkanes of at least 4 members (excludes halogenated alkanes) is 2. The van der Waals surface area contributed by atoms with Gasteiger partial charge in [0.25, 0.3) is 0 Å². The molecule has 1 aliphatic rings. The molecule has 0 spiro atoms. The van der Waals surface area contributed by atoms with Gasteiger partial charge < -0.3 is 19.8 Å². The Morgan fingerprint density at radius 3 is 2.33 bits per heavy atom. The SMILES string of the molecule is CCCCC1(CCCC)CN(c2ccc(O)cc2)c2cc(SC)c(OCCC(=O)O)cc2S(O)(O)N1. The number of anilines is 2. The third-order valence-electron chi connectivity index (χ3n) is 6.41. The van der Waals surface area contributed by atoms with E-state index in [1.54, 1.807) is 18.2 Å². The molecule has 1 aliphatic heterocycles. The Bertz CT molecular complexity index is 1020. The number of fused-ring (bicyclic) bond motifs is 1. The lowest BCUT2D eigenvalue weighted by molar-refractivity contribution is -0.137. The number of ether oxygens (including phenoxy) is 1. The van der Waals surface area contributed by atoms with Gasteiger partial charge in [0.05, 0.1) is 29.1 Å². The van der Waals surface area contributed by atoms with Gasteiger partial charge in [-0.1, -0.05) is 39.5 Å². The van der Waals surface area contributed by atoms with Gasteiger partial charge in [0, 0.05) is 18.3 Å². The normalized spacial score (nSPS) is 17.2. The topological polar surface area (TPSA) is 122 Å². The fourth-order valence-electron chi connectivity index (χ4n) is 4.55. The van der Waals surface area contributed by atoms with E-state index < -0.39 is 22.3 Å². The highest BCUT2D eigenvalue weighted by atomic mass is 32.3. The predicted octanol–water partition coefficient (Wildman–Crippen LogP) is 6.85. The maximum absolute atomic E-state index is 11.6. The second-order valence-corrected chi connectivity index (χ2v) is 11.8. The number of hydrogen-bond acceptors (Lipinski definition) is 8. The first-order valence-electron chi connectivity index (χ1n) is 12.3. The number of phenolic OH excluding ortho intramolecular Hbond substituents is 1. The Balaban J connectivity index is 2.18. The molecule has 5 N–H and O–H groups in total. The highest BCUT2D eigenvalue weighted by Gasteiger charge is 2.42. The van der Waals surface area contributed by atoms with E-state index in [4.69, 9.17) is 9.84 Å². The summed E-state index contributed by atoms with van der Waals surface area (Å²) in [6.07, 6.45) is 7.14. The Morgan fingerprint density at radius 1 is 1.14 bits per heavy atom. The lowest BCUT2D eigenvalue weighted by atomic mass is 9.87. The number of nitrogens with zero attached hydrogens (tertiary/aromatic N) is 1. The zero-order valence-electron chi connectivity index (χ0n) is 21.2. The van der Waals surface area contributed by atoms with Crippen LogP contribution in [0.4, 0.5) is 11.4 Å². The molecule has 0 fully saturated rings. The summed E-state index contributed by atoms with van der Waals surface area (Å²) < 4.78 is 32.2. The molecule has 36 heavy (non-hydrogen) atoms. The van der Waals surface area contributed by atoms with E-state index in [0.29, 0.717) is 22.9 Å². The number of carboxylic acid groups (broad SMARTS) is 1. The van der Waals surface area contributed by atoms with Gasteiger partial charge >= 0.3 is 5.97 Å². The Labute approximate surface area is 219 Å². The highest BCUT2D eigenvalue weighted by molar-refractivity contribution is 8.22. The molecular formula is C26H38N2O6S2. The van der Waals surface area contributed by atoms with Gasteiger partial charge in [0.1, 0.15) is 16.4 Å². The van der Waals surface area contributed by atoms with Crippen molar-refractivity contribution in [2.24, 2.45) is 0 Å². The quantitative estimate of drug-likeness (QED) is 0.185. The number of phenols is 1. The molecule has 200 valence electrons. The van der Waals surface area contributed by atoms with E-state index in [1.807, 2.05) is 24.5 Å². The molecule has 0 bridgehead atoms. The van der Waals surface area contributed by atoms with Crippen LogP contribution in [0, 0.1) is 0 Å². The molecule has 2 aromatic carbocycles. The van der Waals surface area contributed by atoms with Crippen LogP contribution < -0.4 is 14.4 Å². The minimum Gasteiger partial charge on any atom is -0.508 e. The van der Waals surface area contributed by atoms with Crippen LogP contribution in [0.1, 0.15) is 58.8 Å². The summed E-state index contributed by atoms with van der Waals surface area (Å²) in [6.45, 7) is 4.75. The maximum atomic E-state index is 11.6. The molecule has 0 atom stereocenters. The zero-order chi connectivity index (χ0) is 26.3. The van der Waals surface area contributed by atoms with Crippen molar-refractivity contribution in [2.45, 2.75) is 74.1 Å². The minimum atomic E-state index is -3.43. The Kier molecular flexibility index (Phi) is 9.82. The summed E-state index contributed by atoms with van der Waals surface area (Å²) in [5.74, 6) is -0.382. The molecule has 0 amide bonds. The lowest BCUT2D eigenvalue weighted by Gasteiger charge is -2.43. The molecule has 0 unspecified atom stereocenters. The molecule has 0 aromatic heterocycles. The van der Waals surface area contributed by atoms with Gasteiger partial charge in [-0.3, -0.25) is 13.9 Å². The van der Waals surface area contributed by atoms with Gasteiger partial charge in [-0.15, -0.1) is 22.5 Å². The molecule has 3 rings (SSSR count). The van der Waals surface area contributed by atoms with Crippen LogP contribution in [0.5, 0.6) is 11.5 Å². The molecule has 2 aromatic rings. The molecule has 8 nitrogen and oxygen atoms in total. The second kappa shape index (κ2) is 12.4. The van der Waals surface area contributed by atoms with E-state index in [2.05, 4.69) is 23.5 Å². The summed E-state index contributed by atoms with van der Waals surface area (Å²) in [5, 5.41) is 18.9. The van der Waals surface area contributed by atoms with Gasteiger partial charge in [-0.05, 0) is 49.4 Å². The zero-order valence-corrected chi connectivity index (χ0v) is 22.8. The van der Waals surface area contributed by atoms with Crippen LogP contribution in [0.15, 0.2) is 46.2 Å². The minimum absolute atomic E-state index is 0.0209. The number of thioether (sulfide) groups is 1. The predicted molar refractivity (Wildman–Crippen MR) is 147 cm³/mol. The Hall–Kier alpha value is -2.11. The standard InChI is InChI=1S/C26H38N2O6S2/c1-4-6-13-26(14-7-5-2)18-28(19-8-10-20(29)11-9-19)21-16-23(35-3)22(34-15-12-25(30)31)17-24(21)36(32,33)27-26/h8-11,16-17,27,29,32-33H,4-7,12-15,18H2,1-3H3,(H,30,31). The monoisotopic (exact) mass is 538 g/mol. The first-order valence-corrected chi connectivity index (χ1v) is 15.1. The van der Waals surface area contributed by atoms with Crippen molar-refractivity contribution in [3.63, 3.8) is 0 Å². The number of nitrogens with one attached hydrogen (secondary N) is 1. The lowest BCUT2D eigenvalue weighted by Crippen LogP contribution is -2.51. The summed E-state index contributed by atoms with van der Waals surface area (Å²) in [4.78, 5) is 14.2. The second-order valence-electron chi connectivity index (χ2n) is 9.20. The fraction of sp³-hybridized carbons (Fsp3) is 0.500. The van der Waals surface area contributed by atoms with Crippen molar-refractivity contribution in [1.82, 2.24) is 4.72 Å². The molecule has 0 radical (unpaired) electrons. The molecule has 10 heteroatoms. The highest BCUT2D eigenvalue weighted by Crippen LogP contribution is 2.57. The van der Waals surface area contributed by atoms with Crippen LogP contribution in [-0.4, -0.2) is 50.2 Å². The number of carboxylic acids is 1. The molecule has 1 heterocycles. The van der Waals surface area contributed by atoms with Gasteiger partial charge in [-0.25, -0.2) is 4.72 Å². The van der Waals surface area contributed by atoms with Crippen molar-refractivity contribution in [3.05, 3.63) is 36.4 Å². The maximum Gasteiger partial charge on any atom is 0.306 e. The van der Waals surface area contributed by atoms with Crippen LogP contribution in [0.3, 0.4) is 0 Å². The smallest absolute Gasteiger partial charge is 0.306 e. The molecule has 0 saturated heterocycles. The van der Waals surface area contributed by atoms with Crippen molar-refractivity contribution in [3.8, 4) is 11.5 Å². The number of hydrogen-bond donors (Lipinski definition) is 5. The number of rotatable bonds is 12. The van der Waals surface area contributed by atoms with Gasteiger partial charge in [-0.2, -0.15) is 0 Å². The summed E-state index contributed by atoms with van der Waals surface area (Å²) >= 11 is 1.45. The average Bonchev–Trinajstić information content (AvgIpc) is 2.93. The summed E-state index contributed by atoms with van der Waals surface area (Å²) in [6, 6.07) is 10.4. The fourth-order valence-corrected chi connectivity index (χ4v) is 6.81. The number of aliphatic carboxylic acids is 1. The van der Waals surface area contributed by atoms with Crippen LogP contribution in [-0.2, 0) is 4.79 Å². The molecule has 0 saturated carbocycles. The largest absolute Gasteiger partial charge is 0.508 e. The number of aromatic hydroxyl groups is 1. The third-order valence-corrected chi connectivity index (χ3v) is 8.83. The van der Waals surface area contributed by atoms with E-state index in [0.717, 1.165) is 49.1 Å². The van der Waals surface area contributed by atoms with E-state index >= 15 is 0 Å². The van der Waals surface area contributed by atoms with Crippen molar-refractivity contribution >= 4 is 39.9 Å². The Morgan fingerprint density at radius 2 is 1.78 bits per heavy atom. The first kappa shape index (κ1) is 28.5. The van der Waals surface area contributed by atoms with Crippen LogP contribution >= 0.6 is 22.5 Å². The van der Waals surface area contributed by atoms with Crippen molar-refractivity contribution in [1.29, 1.82) is 0 Å². The van der Waals surface area contributed by atoms with Crippen LogP contribution in [0.25, 0.3) is 0 Å². The van der Waals surface area contributed by atoms with Crippen LogP contribution in [0.2, 0.25) is 0 Å². The summed E-state index contributed by atoms with van der Waals surface area (Å²) in [7, 11) is -3.43. The van der Waals surface area contributed by atoms with E-state index in [1.165, 1.54) is 11.8 Å². The number of benzene rings is 2. The third kappa shape index (κ3) is 6.80. The molecular weight excluding hydrogens is 500 g/mol.